The van der Waals surface area contributed by atoms with E-state index in [4.69, 9.17) is 5.11 Å². The summed E-state index contributed by atoms with van der Waals surface area (Å²) in [6, 6.07) is 4.56. The zero-order valence-corrected chi connectivity index (χ0v) is 15.9. The van der Waals surface area contributed by atoms with E-state index in [1.165, 1.54) is 37.9 Å². The number of amides is 1. The molecular formula is C17H21FN4O4S. The molecule has 0 radical (unpaired) electrons. The Morgan fingerprint density at radius 3 is 2.74 bits per heavy atom. The summed E-state index contributed by atoms with van der Waals surface area (Å²) >= 11 is 1.38. The topological polar surface area (TPSA) is 116 Å². The van der Waals surface area contributed by atoms with E-state index in [0.717, 1.165) is 9.58 Å². The van der Waals surface area contributed by atoms with Crippen LogP contribution in [0.25, 0.3) is 0 Å². The molecule has 10 heteroatoms. The van der Waals surface area contributed by atoms with Gasteiger partial charge in [-0.05, 0) is 31.4 Å². The first-order valence-electron chi connectivity index (χ1n) is 8.04. The van der Waals surface area contributed by atoms with Crippen LogP contribution in [-0.2, 0) is 7.05 Å². The van der Waals surface area contributed by atoms with E-state index in [1.54, 1.807) is 6.07 Å². The highest BCUT2D eigenvalue weighted by Gasteiger charge is 2.21. The molecule has 1 atom stereocenters. The third-order valence-electron chi connectivity index (χ3n) is 3.84. The van der Waals surface area contributed by atoms with Crippen molar-refractivity contribution >= 4 is 29.0 Å². The largest absolute Gasteiger partial charge is 0.394 e. The van der Waals surface area contributed by atoms with E-state index in [1.807, 2.05) is 6.26 Å². The maximum Gasteiger partial charge on any atom is 0.274 e. The number of aliphatic hydroxyl groups excluding tert-OH is 2. The molecule has 146 valence electrons. The van der Waals surface area contributed by atoms with Crippen LogP contribution < -0.4 is 16.2 Å². The minimum absolute atomic E-state index is 0.0740. The fourth-order valence-electron chi connectivity index (χ4n) is 2.30. The molecule has 27 heavy (non-hydrogen) atoms. The zero-order valence-electron chi connectivity index (χ0n) is 15.1. The van der Waals surface area contributed by atoms with Gasteiger partial charge in [0, 0.05) is 24.1 Å². The highest BCUT2D eigenvalue weighted by molar-refractivity contribution is 7.98. The summed E-state index contributed by atoms with van der Waals surface area (Å²) in [5, 5.41) is 27.4. The molecule has 1 aromatic heterocycles. The van der Waals surface area contributed by atoms with Gasteiger partial charge < -0.3 is 20.8 Å². The predicted octanol–water partition coefficient (Wildman–Crippen LogP) is 0.776. The summed E-state index contributed by atoms with van der Waals surface area (Å²) in [6.45, 7) is 0.785. The van der Waals surface area contributed by atoms with Crippen molar-refractivity contribution in [1.29, 1.82) is 0 Å². The monoisotopic (exact) mass is 396 g/mol. The van der Waals surface area contributed by atoms with Crippen molar-refractivity contribution < 1.29 is 19.4 Å². The Morgan fingerprint density at radius 1 is 1.44 bits per heavy atom. The number of benzene rings is 1. The van der Waals surface area contributed by atoms with Crippen LogP contribution in [0.15, 0.2) is 27.9 Å². The first-order valence-corrected chi connectivity index (χ1v) is 9.26. The summed E-state index contributed by atoms with van der Waals surface area (Å²) in [6.07, 6.45) is 0.690. The predicted molar refractivity (Wildman–Crippen MR) is 101 cm³/mol. The standard InChI is InChI=1S/C17H21FN4O4S/c1-9-14(20-13-5-4-11(27-3)6-12(13)18)15(21-22(2)17(9)26)16(25)19-7-10(24)8-23/h4-6,10,20,23-24H,7-8H2,1-3H3,(H,19,25). The Bertz CT molecular complexity index is 903. The minimum Gasteiger partial charge on any atom is -0.394 e. The Balaban J connectivity index is 2.43. The van der Waals surface area contributed by atoms with Crippen molar-refractivity contribution in [2.24, 2.45) is 7.05 Å². The summed E-state index contributed by atoms with van der Waals surface area (Å²) in [7, 11) is 1.40. The van der Waals surface area contributed by atoms with Crippen LogP contribution in [0.4, 0.5) is 15.8 Å². The molecule has 2 aromatic rings. The number of anilines is 2. The quantitative estimate of drug-likeness (QED) is 0.511. The van der Waals surface area contributed by atoms with Gasteiger partial charge in [0.25, 0.3) is 11.5 Å². The molecule has 4 N–H and O–H groups in total. The Hall–Kier alpha value is -2.43. The molecule has 8 nitrogen and oxygen atoms in total. The molecular weight excluding hydrogens is 375 g/mol. The highest BCUT2D eigenvalue weighted by Crippen LogP contribution is 2.26. The molecule has 0 spiro atoms. The third-order valence-corrected chi connectivity index (χ3v) is 4.56. The van der Waals surface area contributed by atoms with Crippen LogP contribution in [0.3, 0.4) is 0 Å². The number of carbonyl (C=O) groups is 1. The van der Waals surface area contributed by atoms with Crippen LogP contribution in [0.5, 0.6) is 0 Å². The molecule has 0 aliphatic rings. The third kappa shape index (κ3) is 4.85. The average Bonchev–Trinajstić information content (AvgIpc) is 2.66. The van der Waals surface area contributed by atoms with E-state index < -0.39 is 30.0 Å². The lowest BCUT2D eigenvalue weighted by Crippen LogP contribution is -2.36. The second kappa shape index (κ2) is 8.98. The van der Waals surface area contributed by atoms with E-state index in [0.29, 0.717) is 0 Å². The first-order chi connectivity index (χ1) is 12.8. The van der Waals surface area contributed by atoms with Crippen LogP contribution in [0.1, 0.15) is 16.1 Å². The minimum atomic E-state index is -1.13. The van der Waals surface area contributed by atoms with Gasteiger partial charge in [0.05, 0.1) is 24.1 Å². The second-order valence-electron chi connectivity index (χ2n) is 5.79. The number of aliphatic hydroxyl groups is 2. The molecule has 1 unspecified atom stereocenters. The van der Waals surface area contributed by atoms with Gasteiger partial charge in [-0.25, -0.2) is 9.07 Å². The number of hydrogen-bond acceptors (Lipinski definition) is 7. The summed E-state index contributed by atoms with van der Waals surface area (Å²) in [5.41, 5.74) is -0.215. The summed E-state index contributed by atoms with van der Waals surface area (Å²) in [5.74, 6) is -1.21. The van der Waals surface area contributed by atoms with Crippen LogP contribution in [0.2, 0.25) is 0 Å². The van der Waals surface area contributed by atoms with Gasteiger partial charge in [0.15, 0.2) is 5.69 Å². The molecule has 0 aliphatic carbocycles. The fraction of sp³-hybridized carbons (Fsp3) is 0.353. The smallest absolute Gasteiger partial charge is 0.274 e. The van der Waals surface area contributed by atoms with Crippen molar-refractivity contribution in [1.82, 2.24) is 15.1 Å². The lowest BCUT2D eigenvalue weighted by atomic mass is 10.2. The second-order valence-corrected chi connectivity index (χ2v) is 6.67. The van der Waals surface area contributed by atoms with Gasteiger partial charge in [-0.3, -0.25) is 9.59 Å². The van der Waals surface area contributed by atoms with Gasteiger partial charge >= 0.3 is 0 Å². The van der Waals surface area contributed by atoms with E-state index >= 15 is 0 Å². The van der Waals surface area contributed by atoms with Gasteiger partial charge in [0.1, 0.15) is 5.82 Å². The van der Waals surface area contributed by atoms with Crippen LogP contribution >= 0.6 is 11.8 Å². The molecule has 0 saturated carbocycles. The van der Waals surface area contributed by atoms with Gasteiger partial charge in [0.2, 0.25) is 0 Å². The normalized spacial score (nSPS) is 11.9. The van der Waals surface area contributed by atoms with E-state index in [9.17, 15) is 19.1 Å². The number of nitrogens with one attached hydrogen (secondary N) is 2. The van der Waals surface area contributed by atoms with Crippen molar-refractivity contribution in [3.8, 4) is 0 Å². The number of carbonyl (C=O) groups excluding carboxylic acids is 1. The molecule has 2 rings (SSSR count). The van der Waals surface area contributed by atoms with E-state index in [-0.39, 0.29) is 29.2 Å². The average molecular weight is 396 g/mol. The number of halogens is 1. The number of aryl methyl sites for hydroxylation is 1. The lowest BCUT2D eigenvalue weighted by Gasteiger charge is -2.16. The molecule has 1 heterocycles. The number of hydrogen-bond donors (Lipinski definition) is 4. The molecule has 0 aliphatic heterocycles. The maximum absolute atomic E-state index is 14.3. The van der Waals surface area contributed by atoms with Crippen molar-refractivity contribution in [2.45, 2.75) is 17.9 Å². The fourth-order valence-corrected chi connectivity index (χ4v) is 2.73. The molecule has 1 aromatic carbocycles. The van der Waals surface area contributed by atoms with Gasteiger partial charge in [-0.15, -0.1) is 11.8 Å². The van der Waals surface area contributed by atoms with Crippen LogP contribution in [-0.4, -0.2) is 51.4 Å². The Morgan fingerprint density at radius 2 is 2.15 bits per heavy atom. The Labute approximate surface area is 159 Å². The van der Waals surface area contributed by atoms with Gasteiger partial charge in [-0.1, -0.05) is 0 Å². The first kappa shape index (κ1) is 20.9. The Kier molecular flexibility index (Phi) is 6.94. The molecule has 1 amide bonds. The van der Waals surface area contributed by atoms with Crippen LogP contribution in [0, 0.1) is 12.7 Å². The number of rotatable bonds is 7. The van der Waals surface area contributed by atoms with E-state index in [2.05, 4.69) is 15.7 Å². The number of nitrogens with zero attached hydrogens (tertiary/aromatic N) is 2. The number of aromatic nitrogens is 2. The number of thioether (sulfide) groups is 1. The maximum atomic E-state index is 14.3. The summed E-state index contributed by atoms with van der Waals surface area (Å²) < 4.78 is 15.3. The lowest BCUT2D eigenvalue weighted by molar-refractivity contribution is 0.0798. The molecule has 0 saturated heterocycles. The highest BCUT2D eigenvalue weighted by atomic mass is 32.2. The molecule has 0 bridgehead atoms. The molecule has 0 fully saturated rings. The van der Waals surface area contributed by atoms with Crippen molar-refractivity contribution in [3.63, 3.8) is 0 Å². The summed E-state index contributed by atoms with van der Waals surface area (Å²) in [4.78, 5) is 25.4. The van der Waals surface area contributed by atoms with Crippen molar-refractivity contribution in [3.05, 3.63) is 45.6 Å². The van der Waals surface area contributed by atoms with Gasteiger partial charge in [-0.2, -0.15) is 5.10 Å². The SMILES string of the molecule is CSc1ccc(Nc2c(C(=O)NCC(O)CO)nn(C)c(=O)c2C)c(F)c1. The zero-order chi connectivity index (χ0) is 20.1. The van der Waals surface area contributed by atoms with Crippen molar-refractivity contribution in [2.75, 3.05) is 24.7 Å².